The van der Waals surface area contributed by atoms with Crippen molar-refractivity contribution in [1.29, 1.82) is 0 Å². The van der Waals surface area contributed by atoms with Gasteiger partial charge in [-0.2, -0.15) is 0 Å². The van der Waals surface area contributed by atoms with Crippen LogP contribution in [-0.2, 0) is 10.0 Å². The lowest BCUT2D eigenvalue weighted by molar-refractivity contribution is 0.594. The standard InChI is InChI=1S/C6H3N3O4S/c7-14(12,13)6-5(11)4-2(8-6)1-3(10)9-4/h1H,(H2,7,12,13). The summed E-state index contributed by atoms with van der Waals surface area (Å²) < 4.78 is 21.6. The van der Waals surface area contributed by atoms with Crippen LogP contribution >= 0.6 is 0 Å². The fraction of sp³-hybridized carbons (Fsp3) is 0. The molecule has 0 aromatic carbocycles. The van der Waals surface area contributed by atoms with Gasteiger partial charge in [0, 0.05) is 6.07 Å². The molecule has 0 fully saturated rings. The highest BCUT2D eigenvalue weighted by Gasteiger charge is 2.25. The van der Waals surface area contributed by atoms with Crippen LogP contribution in [0.15, 0.2) is 20.7 Å². The summed E-state index contributed by atoms with van der Waals surface area (Å²) in [4.78, 5) is 28.7. The van der Waals surface area contributed by atoms with Crippen molar-refractivity contribution in [3.05, 3.63) is 26.6 Å². The maximum atomic E-state index is 11.3. The Hall–Kier alpha value is -1.67. The molecule has 0 saturated carbocycles. The van der Waals surface area contributed by atoms with Gasteiger partial charge in [-0.05, 0) is 0 Å². The SMILES string of the molecule is NS(=O)(=O)c1nc2cc(=O)nc-2c1=O. The van der Waals surface area contributed by atoms with E-state index in [0.717, 1.165) is 6.07 Å². The number of hydrogen-bond donors (Lipinski definition) is 1. The van der Waals surface area contributed by atoms with Crippen LogP contribution in [0.4, 0.5) is 0 Å². The summed E-state index contributed by atoms with van der Waals surface area (Å²) in [5.41, 5.74) is -1.84. The van der Waals surface area contributed by atoms with Crippen LogP contribution in [0.5, 0.6) is 0 Å². The Bertz CT molecular complexity index is 652. The van der Waals surface area contributed by atoms with Gasteiger partial charge in [0.25, 0.3) is 15.6 Å². The third-order valence-electron chi connectivity index (χ3n) is 1.63. The topological polar surface area (TPSA) is 120 Å². The van der Waals surface area contributed by atoms with Crippen molar-refractivity contribution in [2.45, 2.75) is 5.03 Å². The molecule has 0 atom stereocenters. The molecule has 0 amide bonds. The average molecular weight is 213 g/mol. The zero-order valence-corrected chi connectivity index (χ0v) is 7.41. The molecule has 7 nitrogen and oxygen atoms in total. The van der Waals surface area contributed by atoms with Crippen molar-refractivity contribution in [2.75, 3.05) is 0 Å². The molecule has 0 aromatic rings. The van der Waals surface area contributed by atoms with Crippen molar-refractivity contribution < 1.29 is 8.42 Å². The van der Waals surface area contributed by atoms with E-state index in [4.69, 9.17) is 5.14 Å². The van der Waals surface area contributed by atoms with E-state index in [0.29, 0.717) is 0 Å². The predicted octanol–water partition coefficient (Wildman–Crippen LogP) is -2.18. The lowest BCUT2D eigenvalue weighted by atomic mass is 10.4. The number of aromatic nitrogens is 2. The molecule has 0 aromatic heterocycles. The molecule has 0 unspecified atom stereocenters. The minimum absolute atomic E-state index is 0.0379. The minimum Gasteiger partial charge on any atom is -0.284 e. The zero-order valence-electron chi connectivity index (χ0n) is 6.59. The molecule has 72 valence electrons. The second-order valence-electron chi connectivity index (χ2n) is 2.62. The van der Waals surface area contributed by atoms with Crippen molar-refractivity contribution in [3.63, 3.8) is 0 Å². The molecule has 14 heavy (non-hydrogen) atoms. The fourth-order valence-corrected chi connectivity index (χ4v) is 1.67. The van der Waals surface area contributed by atoms with E-state index >= 15 is 0 Å². The van der Waals surface area contributed by atoms with Crippen molar-refractivity contribution in [3.8, 4) is 11.4 Å². The van der Waals surface area contributed by atoms with E-state index in [-0.39, 0.29) is 11.4 Å². The number of sulfonamides is 1. The Morgan fingerprint density at radius 2 is 1.86 bits per heavy atom. The van der Waals surface area contributed by atoms with Crippen molar-refractivity contribution in [2.24, 2.45) is 5.14 Å². The Balaban J connectivity index is 2.91. The Labute approximate surface area is 77.3 Å². The van der Waals surface area contributed by atoms with Crippen LogP contribution in [0, 0.1) is 0 Å². The molecule has 0 aliphatic carbocycles. The number of nitrogens with zero attached hydrogens (tertiary/aromatic N) is 2. The number of hydrogen-bond acceptors (Lipinski definition) is 6. The van der Waals surface area contributed by atoms with Gasteiger partial charge in [0.1, 0.15) is 11.4 Å². The molecule has 2 N–H and O–H groups in total. The second-order valence-corrected chi connectivity index (χ2v) is 4.10. The second kappa shape index (κ2) is 2.42. The maximum Gasteiger partial charge on any atom is 0.272 e. The van der Waals surface area contributed by atoms with Gasteiger partial charge >= 0.3 is 0 Å². The molecule has 2 aliphatic heterocycles. The van der Waals surface area contributed by atoms with E-state index in [1.807, 2.05) is 0 Å². The van der Waals surface area contributed by atoms with Gasteiger partial charge in [-0.1, -0.05) is 0 Å². The van der Waals surface area contributed by atoms with Gasteiger partial charge in [-0.25, -0.2) is 23.5 Å². The highest BCUT2D eigenvalue weighted by Crippen LogP contribution is 2.13. The third-order valence-corrected chi connectivity index (χ3v) is 2.44. The normalized spacial score (nSPS) is 12.4. The molecule has 8 heteroatoms. The summed E-state index contributed by atoms with van der Waals surface area (Å²) in [6.45, 7) is 0. The number of nitrogens with two attached hydrogens (primary N) is 1. The molecule has 0 spiro atoms. The lowest BCUT2D eigenvalue weighted by Gasteiger charge is -1.85. The monoisotopic (exact) mass is 213 g/mol. The largest absolute Gasteiger partial charge is 0.284 e. The smallest absolute Gasteiger partial charge is 0.272 e. The summed E-state index contributed by atoms with van der Waals surface area (Å²) >= 11 is 0. The zero-order chi connectivity index (χ0) is 10.5. The summed E-state index contributed by atoms with van der Waals surface area (Å²) in [5, 5.41) is 3.95. The van der Waals surface area contributed by atoms with Gasteiger partial charge in [0.2, 0.25) is 10.5 Å². The molecule has 2 rings (SSSR count). The lowest BCUT2D eigenvalue weighted by Crippen LogP contribution is -2.20. The first kappa shape index (κ1) is 8.91. The van der Waals surface area contributed by atoms with Gasteiger partial charge in [0.15, 0.2) is 0 Å². The molecule has 2 heterocycles. The molecule has 0 saturated heterocycles. The first-order valence-corrected chi connectivity index (χ1v) is 4.95. The predicted molar refractivity (Wildman–Crippen MR) is 44.9 cm³/mol. The Morgan fingerprint density at radius 3 is 2.36 bits per heavy atom. The number of primary sulfonamides is 1. The van der Waals surface area contributed by atoms with E-state index in [9.17, 15) is 18.0 Å². The van der Waals surface area contributed by atoms with E-state index in [1.54, 1.807) is 0 Å². The van der Waals surface area contributed by atoms with Gasteiger partial charge in [0.05, 0.1) is 0 Å². The first-order chi connectivity index (χ1) is 6.39. The molecule has 2 aliphatic rings. The maximum absolute atomic E-state index is 11.3. The fourth-order valence-electron chi connectivity index (χ4n) is 1.09. The Morgan fingerprint density at radius 1 is 1.21 bits per heavy atom. The minimum atomic E-state index is -4.14. The summed E-state index contributed by atoms with van der Waals surface area (Å²) in [5.74, 6) is 0. The molecule has 0 bridgehead atoms. The van der Waals surface area contributed by atoms with Crippen LogP contribution in [0.1, 0.15) is 0 Å². The summed E-state index contributed by atoms with van der Waals surface area (Å²) in [7, 11) is -4.14. The number of rotatable bonds is 1. The van der Waals surface area contributed by atoms with Crippen LogP contribution in [0.25, 0.3) is 11.4 Å². The summed E-state index contributed by atoms with van der Waals surface area (Å²) in [6, 6.07) is 0.978. The van der Waals surface area contributed by atoms with Crippen LogP contribution < -0.4 is 16.1 Å². The number of fused-ring (bicyclic) bond motifs is 1. The van der Waals surface area contributed by atoms with Crippen LogP contribution in [0.3, 0.4) is 0 Å². The highest BCUT2D eigenvalue weighted by molar-refractivity contribution is 7.89. The quantitative estimate of drug-likeness (QED) is 0.575. The van der Waals surface area contributed by atoms with Crippen molar-refractivity contribution >= 4 is 10.0 Å². The summed E-state index contributed by atoms with van der Waals surface area (Å²) in [6.07, 6.45) is 0. The molecular weight excluding hydrogens is 210 g/mol. The highest BCUT2D eigenvalue weighted by atomic mass is 32.2. The van der Waals surface area contributed by atoms with Gasteiger partial charge in [-0.15, -0.1) is 0 Å². The van der Waals surface area contributed by atoms with Crippen molar-refractivity contribution in [1.82, 2.24) is 9.97 Å². The van der Waals surface area contributed by atoms with E-state index in [1.165, 1.54) is 0 Å². The van der Waals surface area contributed by atoms with E-state index in [2.05, 4.69) is 9.97 Å². The van der Waals surface area contributed by atoms with Gasteiger partial charge in [-0.3, -0.25) is 9.59 Å². The van der Waals surface area contributed by atoms with Crippen LogP contribution in [-0.4, -0.2) is 18.4 Å². The first-order valence-electron chi connectivity index (χ1n) is 3.40. The Kier molecular flexibility index (Phi) is 1.54. The molecular formula is C6H3N3O4S. The molecule has 0 radical (unpaired) electrons. The van der Waals surface area contributed by atoms with Crippen LogP contribution in [0.2, 0.25) is 0 Å². The third kappa shape index (κ3) is 1.12. The average Bonchev–Trinajstić information content (AvgIpc) is 2.49. The van der Waals surface area contributed by atoms with E-state index < -0.39 is 26.0 Å². The van der Waals surface area contributed by atoms with Gasteiger partial charge < -0.3 is 0 Å².